The number of hydrogen-bond donors (Lipinski definition) is 0. The van der Waals surface area contributed by atoms with Crippen molar-refractivity contribution in [2.24, 2.45) is 0 Å². The Balaban J connectivity index is 3.89. The molecule has 0 N–H and O–H groups in total. The molecule has 0 aliphatic carbocycles. The predicted octanol–water partition coefficient (Wildman–Crippen LogP) is 24.5. The first-order chi connectivity index (χ1) is 39.5. The lowest BCUT2D eigenvalue weighted by atomic mass is 10.0. The highest BCUT2D eigenvalue weighted by atomic mass is 16.6. The van der Waals surface area contributed by atoms with Crippen LogP contribution in [-0.4, -0.2) is 37.2 Å². The molecule has 1 atom stereocenters. The van der Waals surface area contributed by atoms with Gasteiger partial charge in [-0.15, -0.1) is 0 Å². The van der Waals surface area contributed by atoms with E-state index >= 15 is 0 Å². The smallest absolute Gasteiger partial charge is 0.306 e. The van der Waals surface area contributed by atoms with E-state index in [0.717, 1.165) is 89.9 Å². The number of esters is 3. The fourth-order valence-electron chi connectivity index (χ4n) is 10.8. The van der Waals surface area contributed by atoms with E-state index in [-0.39, 0.29) is 31.1 Å². The molecule has 0 aromatic carbocycles. The van der Waals surface area contributed by atoms with E-state index in [0.29, 0.717) is 19.3 Å². The average Bonchev–Trinajstić information content (AvgIpc) is 3.46. The van der Waals surface area contributed by atoms with Crippen LogP contribution in [0.5, 0.6) is 0 Å². The van der Waals surface area contributed by atoms with Gasteiger partial charge in [-0.3, -0.25) is 14.4 Å². The summed E-state index contributed by atoms with van der Waals surface area (Å²) in [6.45, 7) is 6.51. The zero-order chi connectivity index (χ0) is 57.8. The molecule has 0 rings (SSSR count). The standard InChI is InChI=1S/C74H136O6/c1-4-7-10-13-15-17-19-21-23-25-27-29-31-33-34-35-36-37-38-39-40-41-43-44-46-48-50-52-54-56-58-61-64-67-73(76)79-70-71(69-78-72(75)66-63-60-12-9-6-3)80-74(77)68-65-62-59-57-55-53-51-49-47-45-42-32-30-28-26-24-22-20-18-16-14-11-8-5-2/h7,10,15,17,21,23,27,29,71H,4-6,8-9,11-14,16,18-20,22,24-26,28,30-70H2,1-3H3/b10-7-,17-15-,23-21-,29-27-. The van der Waals surface area contributed by atoms with Crippen molar-refractivity contribution in [3.8, 4) is 0 Å². The summed E-state index contributed by atoms with van der Waals surface area (Å²) in [5, 5.41) is 0. The zero-order valence-corrected chi connectivity index (χ0v) is 53.9. The molecule has 1 unspecified atom stereocenters. The molecule has 0 saturated heterocycles. The Bertz CT molecular complexity index is 1380. The molecule has 6 nitrogen and oxygen atoms in total. The van der Waals surface area contributed by atoms with E-state index in [2.05, 4.69) is 69.4 Å². The van der Waals surface area contributed by atoms with Crippen molar-refractivity contribution in [3.63, 3.8) is 0 Å². The van der Waals surface area contributed by atoms with Gasteiger partial charge in [0.25, 0.3) is 0 Å². The summed E-state index contributed by atoms with van der Waals surface area (Å²) in [7, 11) is 0. The van der Waals surface area contributed by atoms with E-state index in [1.807, 2.05) is 0 Å². The Morgan fingerprint density at radius 2 is 0.487 bits per heavy atom. The number of allylic oxidation sites excluding steroid dienone is 8. The van der Waals surface area contributed by atoms with Gasteiger partial charge in [-0.1, -0.05) is 358 Å². The second-order valence-electron chi connectivity index (χ2n) is 24.1. The van der Waals surface area contributed by atoms with E-state index in [1.165, 1.54) is 257 Å². The number of carbonyl (C=O) groups is 3. The lowest BCUT2D eigenvalue weighted by Gasteiger charge is -2.18. The van der Waals surface area contributed by atoms with Crippen LogP contribution in [0.1, 0.15) is 387 Å². The molecule has 0 spiro atoms. The highest BCUT2D eigenvalue weighted by Gasteiger charge is 2.19. The molecule has 0 heterocycles. The molecular formula is C74H136O6. The molecule has 0 amide bonds. The molecule has 468 valence electrons. The molecule has 6 heteroatoms. The van der Waals surface area contributed by atoms with Gasteiger partial charge in [-0.25, -0.2) is 0 Å². The van der Waals surface area contributed by atoms with Crippen molar-refractivity contribution in [1.82, 2.24) is 0 Å². The summed E-state index contributed by atoms with van der Waals surface area (Å²) in [6.07, 6.45) is 87.8. The molecule has 0 aliphatic heterocycles. The normalized spacial score (nSPS) is 12.3. The van der Waals surface area contributed by atoms with Crippen LogP contribution in [0.3, 0.4) is 0 Å². The SMILES string of the molecule is CC/C=C\C/C=C\C/C=C\C/C=C\CCCCCCCCCCCCCCCCCCCCCCC(=O)OCC(COC(=O)CCCCCCC)OC(=O)CCCCCCCCCCCCCCCCCCCCCCCCCC. The van der Waals surface area contributed by atoms with E-state index < -0.39 is 6.10 Å². The minimum absolute atomic E-state index is 0.0664. The largest absolute Gasteiger partial charge is 0.462 e. The second kappa shape index (κ2) is 68.9. The summed E-state index contributed by atoms with van der Waals surface area (Å²) in [5.74, 6) is -0.853. The van der Waals surface area contributed by atoms with Gasteiger partial charge in [0.15, 0.2) is 6.10 Å². The Labute approximate surface area is 498 Å². The molecule has 0 saturated carbocycles. The minimum Gasteiger partial charge on any atom is -0.462 e. The highest BCUT2D eigenvalue weighted by molar-refractivity contribution is 5.71. The van der Waals surface area contributed by atoms with E-state index in [9.17, 15) is 14.4 Å². The fourth-order valence-corrected chi connectivity index (χ4v) is 10.8. The van der Waals surface area contributed by atoms with E-state index in [4.69, 9.17) is 14.2 Å². The second-order valence-corrected chi connectivity index (χ2v) is 24.1. The van der Waals surface area contributed by atoms with Crippen LogP contribution in [0, 0.1) is 0 Å². The number of hydrogen-bond acceptors (Lipinski definition) is 6. The first-order valence-electron chi connectivity index (χ1n) is 35.6. The summed E-state index contributed by atoms with van der Waals surface area (Å²) in [4.78, 5) is 38.0. The predicted molar refractivity (Wildman–Crippen MR) is 349 cm³/mol. The maximum Gasteiger partial charge on any atom is 0.306 e. The molecule has 0 aliphatic rings. The van der Waals surface area contributed by atoms with Crippen LogP contribution in [0.2, 0.25) is 0 Å². The van der Waals surface area contributed by atoms with Crippen LogP contribution in [0.15, 0.2) is 48.6 Å². The zero-order valence-electron chi connectivity index (χ0n) is 53.9. The topological polar surface area (TPSA) is 78.9 Å². The number of unbranched alkanes of at least 4 members (excludes halogenated alkanes) is 47. The third kappa shape index (κ3) is 66.2. The third-order valence-electron chi connectivity index (χ3n) is 16.1. The average molecular weight is 1120 g/mol. The highest BCUT2D eigenvalue weighted by Crippen LogP contribution is 2.19. The quantitative estimate of drug-likeness (QED) is 0.0261. The third-order valence-corrected chi connectivity index (χ3v) is 16.1. The van der Waals surface area contributed by atoms with Gasteiger partial charge < -0.3 is 14.2 Å². The van der Waals surface area contributed by atoms with Crippen molar-refractivity contribution in [1.29, 1.82) is 0 Å². The lowest BCUT2D eigenvalue weighted by molar-refractivity contribution is -0.167. The lowest BCUT2D eigenvalue weighted by Crippen LogP contribution is -2.30. The van der Waals surface area contributed by atoms with Gasteiger partial charge in [0, 0.05) is 19.3 Å². The van der Waals surface area contributed by atoms with Gasteiger partial charge >= 0.3 is 17.9 Å². The van der Waals surface area contributed by atoms with Gasteiger partial charge in [-0.05, 0) is 57.8 Å². The van der Waals surface area contributed by atoms with Crippen molar-refractivity contribution < 1.29 is 28.6 Å². The molecule has 0 radical (unpaired) electrons. The van der Waals surface area contributed by atoms with Gasteiger partial charge in [-0.2, -0.15) is 0 Å². The maximum atomic E-state index is 12.9. The Kier molecular flexibility index (Phi) is 66.6. The molecule has 80 heavy (non-hydrogen) atoms. The van der Waals surface area contributed by atoms with Crippen molar-refractivity contribution in [2.45, 2.75) is 393 Å². The summed E-state index contributed by atoms with van der Waals surface area (Å²) in [6, 6.07) is 0. The Morgan fingerprint density at radius 1 is 0.263 bits per heavy atom. The first kappa shape index (κ1) is 77.4. The summed E-state index contributed by atoms with van der Waals surface area (Å²) >= 11 is 0. The van der Waals surface area contributed by atoms with Crippen molar-refractivity contribution in [3.05, 3.63) is 48.6 Å². The first-order valence-corrected chi connectivity index (χ1v) is 35.6. The fraction of sp³-hybridized carbons (Fsp3) is 0.851. The van der Waals surface area contributed by atoms with Crippen molar-refractivity contribution >= 4 is 17.9 Å². The number of rotatable bonds is 66. The van der Waals surface area contributed by atoms with Crippen LogP contribution in [0.4, 0.5) is 0 Å². The number of ether oxygens (including phenoxy) is 3. The van der Waals surface area contributed by atoms with Crippen LogP contribution < -0.4 is 0 Å². The Hall–Kier alpha value is -2.63. The van der Waals surface area contributed by atoms with Gasteiger partial charge in [0.05, 0.1) is 0 Å². The van der Waals surface area contributed by atoms with Crippen LogP contribution in [-0.2, 0) is 28.6 Å². The molecule has 0 fully saturated rings. The molecule has 0 aromatic heterocycles. The number of carbonyl (C=O) groups excluding carboxylic acids is 3. The van der Waals surface area contributed by atoms with Gasteiger partial charge in [0.2, 0.25) is 0 Å². The summed E-state index contributed by atoms with van der Waals surface area (Å²) < 4.78 is 16.8. The minimum atomic E-state index is -0.765. The molecule has 0 aromatic rings. The van der Waals surface area contributed by atoms with Crippen molar-refractivity contribution in [2.75, 3.05) is 13.2 Å². The summed E-state index contributed by atoms with van der Waals surface area (Å²) in [5.41, 5.74) is 0. The monoisotopic (exact) mass is 1120 g/mol. The van der Waals surface area contributed by atoms with Gasteiger partial charge in [0.1, 0.15) is 13.2 Å². The van der Waals surface area contributed by atoms with E-state index in [1.54, 1.807) is 0 Å². The van der Waals surface area contributed by atoms with Crippen LogP contribution in [0.25, 0.3) is 0 Å². The maximum absolute atomic E-state index is 12.9. The van der Waals surface area contributed by atoms with Crippen LogP contribution >= 0.6 is 0 Å². The molecule has 0 bridgehead atoms. The Morgan fingerprint density at radius 3 is 0.762 bits per heavy atom. The molecular weight excluding hydrogens is 985 g/mol.